The summed E-state index contributed by atoms with van der Waals surface area (Å²) in [7, 11) is 0. The second-order valence-electron chi connectivity index (χ2n) is 3.83. The average Bonchev–Trinajstić information content (AvgIpc) is 2.30. The lowest BCUT2D eigenvalue weighted by molar-refractivity contribution is 0.364. The van der Waals surface area contributed by atoms with Crippen LogP contribution in [0.3, 0.4) is 0 Å². The molecule has 0 amide bonds. The van der Waals surface area contributed by atoms with Crippen LogP contribution < -0.4 is 0 Å². The second kappa shape index (κ2) is 4.71. The van der Waals surface area contributed by atoms with E-state index in [0.717, 1.165) is 23.6 Å². The van der Waals surface area contributed by atoms with Crippen molar-refractivity contribution in [3.8, 4) is 0 Å². The van der Waals surface area contributed by atoms with Crippen LogP contribution >= 0.6 is 11.8 Å². The number of nitrogens with one attached hydrogen (secondary N) is 1. The molecular weight excluding hydrogens is 204 g/mol. The topological polar surface area (TPSA) is 27.1 Å². The number of nitrogens with zero attached hydrogens (tertiary/aromatic N) is 1. The second-order valence-corrected chi connectivity index (χ2v) is 4.98. The van der Waals surface area contributed by atoms with Crippen molar-refractivity contribution in [2.24, 2.45) is 0 Å². The number of hydrogen-bond donors (Lipinski definition) is 1. The summed E-state index contributed by atoms with van der Waals surface area (Å²) in [6.45, 7) is 3.20. The van der Waals surface area contributed by atoms with E-state index < -0.39 is 0 Å². The fourth-order valence-corrected chi connectivity index (χ4v) is 2.83. The molecule has 1 saturated heterocycles. The van der Waals surface area contributed by atoms with E-state index in [2.05, 4.69) is 11.8 Å². The van der Waals surface area contributed by atoms with E-state index in [1.165, 1.54) is 0 Å². The van der Waals surface area contributed by atoms with Gasteiger partial charge in [-0.3, -0.25) is 5.41 Å². The maximum atomic E-state index is 8.17. The Bertz CT molecular complexity index is 337. The fraction of sp³-hybridized carbons (Fsp3) is 0.417. The van der Waals surface area contributed by atoms with Crippen molar-refractivity contribution in [3.63, 3.8) is 0 Å². The van der Waals surface area contributed by atoms with Crippen LogP contribution in [-0.4, -0.2) is 34.8 Å². The molecule has 0 bridgehead atoms. The summed E-state index contributed by atoms with van der Waals surface area (Å²) in [4.78, 5) is 2.20. The lowest BCUT2D eigenvalue weighted by atomic mass is 10.1. The first kappa shape index (κ1) is 10.6. The van der Waals surface area contributed by atoms with Gasteiger partial charge in [0.25, 0.3) is 0 Å². The minimum Gasteiger partial charge on any atom is -0.352 e. The molecule has 3 heteroatoms. The van der Waals surface area contributed by atoms with Gasteiger partial charge in [-0.1, -0.05) is 30.3 Å². The quantitative estimate of drug-likeness (QED) is 0.581. The maximum Gasteiger partial charge on any atom is 0.128 e. The Kier molecular flexibility index (Phi) is 3.31. The molecule has 1 unspecified atom stereocenters. The number of thioether (sulfide) groups is 1. The molecule has 1 fully saturated rings. The Hall–Kier alpha value is -0.960. The molecule has 15 heavy (non-hydrogen) atoms. The Balaban J connectivity index is 2.13. The molecule has 1 aromatic rings. The largest absolute Gasteiger partial charge is 0.352 e. The van der Waals surface area contributed by atoms with Crippen LogP contribution in [-0.2, 0) is 0 Å². The highest BCUT2D eigenvalue weighted by atomic mass is 32.2. The SMILES string of the molecule is CC1CSCCN1C(=N)c1ccccc1. The van der Waals surface area contributed by atoms with E-state index in [1.54, 1.807) is 0 Å². The molecule has 2 nitrogen and oxygen atoms in total. The summed E-state index contributed by atoms with van der Waals surface area (Å²) in [6, 6.07) is 10.5. The summed E-state index contributed by atoms with van der Waals surface area (Å²) in [6.07, 6.45) is 0. The third-order valence-electron chi connectivity index (χ3n) is 2.70. The first-order valence-electron chi connectivity index (χ1n) is 5.27. The number of amidine groups is 1. The summed E-state index contributed by atoms with van der Waals surface area (Å²) in [5.41, 5.74) is 1.02. The summed E-state index contributed by atoms with van der Waals surface area (Å²) in [5.74, 6) is 2.94. The molecule has 1 aliphatic heterocycles. The van der Waals surface area contributed by atoms with Gasteiger partial charge < -0.3 is 4.90 Å². The average molecular weight is 220 g/mol. The Labute approximate surface area is 95.2 Å². The van der Waals surface area contributed by atoms with Crippen LogP contribution in [0.5, 0.6) is 0 Å². The van der Waals surface area contributed by atoms with Gasteiger partial charge in [0.1, 0.15) is 5.84 Å². The van der Waals surface area contributed by atoms with Gasteiger partial charge in [0.2, 0.25) is 0 Å². The molecule has 1 heterocycles. The zero-order valence-electron chi connectivity index (χ0n) is 8.94. The highest BCUT2D eigenvalue weighted by Crippen LogP contribution is 2.18. The molecule has 0 spiro atoms. The van der Waals surface area contributed by atoms with Crippen LogP contribution in [0.15, 0.2) is 30.3 Å². The van der Waals surface area contributed by atoms with Gasteiger partial charge in [-0.25, -0.2) is 0 Å². The van der Waals surface area contributed by atoms with E-state index in [0.29, 0.717) is 11.9 Å². The Morgan fingerprint density at radius 2 is 2.13 bits per heavy atom. The summed E-state index contributed by atoms with van der Waals surface area (Å²) >= 11 is 1.98. The van der Waals surface area contributed by atoms with Gasteiger partial charge in [0, 0.05) is 29.7 Å². The van der Waals surface area contributed by atoms with Gasteiger partial charge in [0.05, 0.1) is 0 Å². The Morgan fingerprint density at radius 1 is 1.40 bits per heavy atom. The number of hydrogen-bond acceptors (Lipinski definition) is 2. The van der Waals surface area contributed by atoms with E-state index in [4.69, 9.17) is 5.41 Å². The summed E-state index contributed by atoms with van der Waals surface area (Å²) < 4.78 is 0. The van der Waals surface area contributed by atoms with Crippen LogP contribution in [0, 0.1) is 5.41 Å². The highest BCUT2D eigenvalue weighted by Gasteiger charge is 2.21. The van der Waals surface area contributed by atoms with Gasteiger partial charge in [-0.2, -0.15) is 11.8 Å². The van der Waals surface area contributed by atoms with Crippen LogP contribution in [0.4, 0.5) is 0 Å². The highest BCUT2D eigenvalue weighted by molar-refractivity contribution is 7.99. The van der Waals surface area contributed by atoms with Crippen molar-refractivity contribution in [1.29, 1.82) is 5.41 Å². The van der Waals surface area contributed by atoms with Crippen LogP contribution in [0.1, 0.15) is 12.5 Å². The molecule has 1 aromatic carbocycles. The minimum atomic E-state index is 0.483. The van der Waals surface area contributed by atoms with Crippen LogP contribution in [0.2, 0.25) is 0 Å². The molecule has 0 aromatic heterocycles. The minimum absolute atomic E-state index is 0.483. The molecule has 0 aliphatic carbocycles. The third kappa shape index (κ3) is 2.34. The van der Waals surface area contributed by atoms with Gasteiger partial charge in [-0.05, 0) is 6.92 Å². The molecule has 2 rings (SSSR count). The van der Waals surface area contributed by atoms with Crippen molar-refractivity contribution in [2.45, 2.75) is 13.0 Å². The zero-order chi connectivity index (χ0) is 10.7. The third-order valence-corrected chi connectivity index (χ3v) is 3.89. The maximum absolute atomic E-state index is 8.17. The zero-order valence-corrected chi connectivity index (χ0v) is 9.76. The lowest BCUT2D eigenvalue weighted by Gasteiger charge is -2.35. The van der Waals surface area contributed by atoms with Gasteiger partial charge >= 0.3 is 0 Å². The molecule has 0 saturated carbocycles. The Morgan fingerprint density at radius 3 is 2.80 bits per heavy atom. The fourth-order valence-electron chi connectivity index (χ4n) is 1.82. The summed E-state index contributed by atoms with van der Waals surface area (Å²) in [5, 5.41) is 8.17. The van der Waals surface area contributed by atoms with Gasteiger partial charge in [0.15, 0.2) is 0 Å². The van der Waals surface area contributed by atoms with Crippen molar-refractivity contribution in [1.82, 2.24) is 4.90 Å². The van der Waals surface area contributed by atoms with Crippen molar-refractivity contribution in [2.75, 3.05) is 18.1 Å². The first-order chi connectivity index (χ1) is 7.29. The molecular formula is C12H16N2S. The van der Waals surface area contributed by atoms with E-state index >= 15 is 0 Å². The lowest BCUT2D eigenvalue weighted by Crippen LogP contribution is -2.44. The van der Waals surface area contributed by atoms with Gasteiger partial charge in [-0.15, -0.1) is 0 Å². The first-order valence-corrected chi connectivity index (χ1v) is 6.43. The number of benzene rings is 1. The molecule has 0 radical (unpaired) electrons. The standard InChI is InChI=1S/C12H16N2S/c1-10-9-15-8-7-14(10)12(13)11-5-3-2-4-6-11/h2-6,10,13H,7-9H2,1H3. The van der Waals surface area contributed by atoms with E-state index in [-0.39, 0.29) is 0 Å². The predicted molar refractivity (Wildman–Crippen MR) is 66.8 cm³/mol. The monoisotopic (exact) mass is 220 g/mol. The predicted octanol–water partition coefficient (Wildman–Crippen LogP) is 2.45. The molecule has 1 atom stereocenters. The van der Waals surface area contributed by atoms with Crippen molar-refractivity contribution >= 4 is 17.6 Å². The van der Waals surface area contributed by atoms with Crippen LogP contribution in [0.25, 0.3) is 0 Å². The molecule has 80 valence electrons. The number of rotatable bonds is 1. The van der Waals surface area contributed by atoms with E-state index in [1.807, 2.05) is 42.1 Å². The van der Waals surface area contributed by atoms with E-state index in [9.17, 15) is 0 Å². The van der Waals surface area contributed by atoms with Crippen molar-refractivity contribution in [3.05, 3.63) is 35.9 Å². The molecule has 1 aliphatic rings. The molecule has 1 N–H and O–H groups in total. The smallest absolute Gasteiger partial charge is 0.128 e. The van der Waals surface area contributed by atoms with Crippen molar-refractivity contribution < 1.29 is 0 Å². The normalized spacial score (nSPS) is 21.4.